The highest BCUT2D eigenvalue weighted by atomic mass is 32.2. The van der Waals surface area contributed by atoms with Crippen LogP contribution in [0.3, 0.4) is 0 Å². The van der Waals surface area contributed by atoms with E-state index in [0.717, 1.165) is 22.9 Å². The third kappa shape index (κ3) is 5.69. The van der Waals surface area contributed by atoms with Crippen molar-refractivity contribution in [3.05, 3.63) is 107 Å². The van der Waals surface area contributed by atoms with Gasteiger partial charge < -0.3 is 9.64 Å². The van der Waals surface area contributed by atoms with Crippen LogP contribution < -0.4 is 15.2 Å². The molecule has 1 saturated heterocycles. The monoisotopic (exact) mass is 552 g/mol. The Morgan fingerprint density at radius 1 is 0.897 bits per heavy atom. The van der Waals surface area contributed by atoms with Gasteiger partial charge in [0.2, 0.25) is 10.0 Å². The van der Waals surface area contributed by atoms with Gasteiger partial charge in [0.05, 0.1) is 36.0 Å². The molecule has 1 fully saturated rings. The smallest absolute Gasteiger partial charge is 0.281 e. The van der Waals surface area contributed by atoms with Gasteiger partial charge in [-0.2, -0.15) is 14.1 Å². The van der Waals surface area contributed by atoms with E-state index >= 15 is 0 Å². The van der Waals surface area contributed by atoms with Crippen LogP contribution in [-0.4, -0.2) is 55.8 Å². The number of benzene rings is 3. The van der Waals surface area contributed by atoms with E-state index in [9.17, 15) is 22.0 Å². The first kappa shape index (κ1) is 26.5. The van der Waals surface area contributed by atoms with E-state index in [1.165, 1.54) is 17.6 Å². The zero-order valence-corrected chi connectivity index (χ0v) is 21.9. The summed E-state index contributed by atoms with van der Waals surface area (Å²) in [7, 11) is -2.00. The summed E-state index contributed by atoms with van der Waals surface area (Å²) in [5.74, 6) is -1.16. The molecule has 0 atom stereocenters. The average molecular weight is 553 g/mol. The van der Waals surface area contributed by atoms with Crippen LogP contribution in [0.4, 0.5) is 14.5 Å². The summed E-state index contributed by atoms with van der Waals surface area (Å²) < 4.78 is 61.6. The van der Waals surface area contributed by atoms with Gasteiger partial charge in [-0.05, 0) is 35.4 Å². The van der Waals surface area contributed by atoms with Gasteiger partial charge in [-0.15, -0.1) is 0 Å². The molecule has 5 rings (SSSR count). The number of sulfonamides is 1. The highest BCUT2D eigenvalue weighted by molar-refractivity contribution is 7.88. The molecule has 0 saturated carbocycles. The van der Waals surface area contributed by atoms with Crippen molar-refractivity contribution in [3.8, 4) is 22.6 Å². The van der Waals surface area contributed by atoms with Gasteiger partial charge in [-0.1, -0.05) is 42.5 Å². The number of nitrogens with zero attached hydrogens (tertiary/aromatic N) is 4. The lowest BCUT2D eigenvalue weighted by atomic mass is 10.0. The van der Waals surface area contributed by atoms with Gasteiger partial charge in [0, 0.05) is 32.2 Å². The number of hydrogen-bond acceptors (Lipinski definition) is 6. The van der Waals surface area contributed by atoms with Crippen LogP contribution in [0.5, 0.6) is 5.75 Å². The van der Waals surface area contributed by atoms with E-state index in [0.29, 0.717) is 35.7 Å². The molecule has 1 aromatic heterocycles. The summed E-state index contributed by atoms with van der Waals surface area (Å²) in [4.78, 5) is 15.6. The van der Waals surface area contributed by atoms with Crippen molar-refractivity contribution in [1.29, 1.82) is 0 Å². The first-order valence-electron chi connectivity index (χ1n) is 12.2. The average Bonchev–Trinajstić information content (AvgIpc) is 2.93. The first-order chi connectivity index (χ1) is 18.7. The van der Waals surface area contributed by atoms with Gasteiger partial charge in [0.15, 0.2) is 0 Å². The lowest BCUT2D eigenvalue weighted by Gasteiger charge is -2.36. The molecule has 0 bridgehead atoms. The second-order valence-electron chi connectivity index (χ2n) is 9.11. The number of piperazine rings is 1. The molecule has 8 nitrogen and oxygen atoms in total. The minimum absolute atomic E-state index is 0.0457. The van der Waals surface area contributed by atoms with Crippen LogP contribution in [-0.2, 0) is 15.8 Å². The van der Waals surface area contributed by atoms with E-state index in [4.69, 9.17) is 4.74 Å². The van der Waals surface area contributed by atoms with Gasteiger partial charge in [0.1, 0.15) is 17.4 Å². The Kier molecular flexibility index (Phi) is 7.45. The van der Waals surface area contributed by atoms with E-state index in [-0.39, 0.29) is 30.1 Å². The maximum absolute atomic E-state index is 13.9. The fourth-order valence-corrected chi connectivity index (χ4v) is 6.16. The van der Waals surface area contributed by atoms with Gasteiger partial charge in [-0.25, -0.2) is 17.2 Å². The number of ether oxygens (including phenoxy) is 1. The molecule has 0 spiro atoms. The second kappa shape index (κ2) is 11.0. The quantitative estimate of drug-likeness (QED) is 0.347. The topological polar surface area (TPSA) is 84.7 Å². The summed E-state index contributed by atoms with van der Waals surface area (Å²) in [6, 6.07) is 18.6. The van der Waals surface area contributed by atoms with Crippen molar-refractivity contribution in [1.82, 2.24) is 14.1 Å². The SMILES string of the molecule is COc1ccc(-c2c(N3CCN(S(=O)(=O)Cc4ccccc4)CC3)cnn(-c3cc(F)cc(F)c3)c2=O)cc1. The van der Waals surface area contributed by atoms with Crippen LogP contribution in [0.15, 0.2) is 83.8 Å². The Hall–Kier alpha value is -4.09. The highest BCUT2D eigenvalue weighted by Gasteiger charge is 2.29. The minimum atomic E-state index is -3.53. The molecule has 11 heteroatoms. The molecule has 0 amide bonds. The standard InChI is InChI=1S/C28H26F2N4O4S/c1-38-25-9-7-21(8-10-25)27-26(18-31-34(28(27)35)24-16-22(29)15-23(30)17-24)32-11-13-33(14-12-32)39(36,37)19-20-5-3-2-4-6-20/h2-10,15-18H,11-14,19H2,1H3. The van der Waals surface area contributed by atoms with Crippen molar-refractivity contribution in [2.24, 2.45) is 0 Å². The van der Waals surface area contributed by atoms with Crippen LogP contribution >= 0.6 is 0 Å². The predicted molar refractivity (Wildman–Crippen MR) is 145 cm³/mol. The molecule has 3 aromatic carbocycles. The van der Waals surface area contributed by atoms with E-state index in [1.54, 1.807) is 48.5 Å². The van der Waals surface area contributed by atoms with E-state index in [2.05, 4.69) is 5.10 Å². The number of rotatable bonds is 7. The highest BCUT2D eigenvalue weighted by Crippen LogP contribution is 2.30. The fourth-order valence-electron chi connectivity index (χ4n) is 4.64. The molecule has 0 N–H and O–H groups in total. The Morgan fingerprint density at radius 3 is 2.15 bits per heavy atom. The van der Waals surface area contributed by atoms with Crippen LogP contribution in [0, 0.1) is 11.6 Å². The number of hydrogen-bond donors (Lipinski definition) is 0. The molecule has 4 aromatic rings. The molecule has 0 unspecified atom stereocenters. The molecule has 39 heavy (non-hydrogen) atoms. The third-order valence-corrected chi connectivity index (χ3v) is 8.44. The molecule has 0 radical (unpaired) electrons. The summed E-state index contributed by atoms with van der Waals surface area (Å²) in [5.41, 5.74) is 1.43. The van der Waals surface area contributed by atoms with Crippen molar-refractivity contribution >= 4 is 15.7 Å². The predicted octanol–water partition coefficient (Wildman–Crippen LogP) is 3.84. The molecule has 202 valence electrons. The molecular formula is C28H26F2N4O4S. The number of aromatic nitrogens is 2. The Labute approximate surface area is 224 Å². The Morgan fingerprint density at radius 2 is 1.54 bits per heavy atom. The zero-order valence-electron chi connectivity index (χ0n) is 21.1. The van der Waals surface area contributed by atoms with Gasteiger partial charge >= 0.3 is 0 Å². The lowest BCUT2D eigenvalue weighted by Crippen LogP contribution is -2.49. The van der Waals surface area contributed by atoms with Crippen LogP contribution in [0.25, 0.3) is 16.8 Å². The minimum Gasteiger partial charge on any atom is -0.497 e. The molecule has 0 aliphatic carbocycles. The zero-order chi connectivity index (χ0) is 27.6. The molecular weight excluding hydrogens is 526 g/mol. The molecule has 2 heterocycles. The van der Waals surface area contributed by atoms with Crippen LogP contribution in [0.1, 0.15) is 5.56 Å². The van der Waals surface area contributed by atoms with Crippen molar-refractivity contribution in [2.45, 2.75) is 5.75 Å². The summed E-state index contributed by atoms with van der Waals surface area (Å²) >= 11 is 0. The van der Waals surface area contributed by atoms with E-state index in [1.807, 2.05) is 11.0 Å². The largest absolute Gasteiger partial charge is 0.497 e. The van der Waals surface area contributed by atoms with Crippen molar-refractivity contribution in [3.63, 3.8) is 0 Å². The molecule has 1 aliphatic rings. The summed E-state index contributed by atoms with van der Waals surface area (Å²) in [6.45, 7) is 1.12. The summed E-state index contributed by atoms with van der Waals surface area (Å²) in [5, 5.41) is 4.22. The number of anilines is 1. The van der Waals surface area contributed by atoms with Gasteiger partial charge in [-0.3, -0.25) is 4.79 Å². The second-order valence-corrected chi connectivity index (χ2v) is 11.1. The van der Waals surface area contributed by atoms with Gasteiger partial charge in [0.25, 0.3) is 5.56 Å². The first-order valence-corrected chi connectivity index (χ1v) is 13.9. The Balaban J connectivity index is 1.48. The number of halogens is 2. The van der Waals surface area contributed by atoms with Crippen LogP contribution in [0.2, 0.25) is 0 Å². The maximum Gasteiger partial charge on any atom is 0.281 e. The number of methoxy groups -OCH3 is 1. The van der Waals surface area contributed by atoms with E-state index < -0.39 is 27.2 Å². The normalized spacial score (nSPS) is 14.4. The lowest BCUT2D eigenvalue weighted by molar-refractivity contribution is 0.384. The summed E-state index contributed by atoms with van der Waals surface area (Å²) in [6.07, 6.45) is 1.47. The fraction of sp³-hybridized carbons (Fsp3) is 0.214. The third-order valence-electron chi connectivity index (χ3n) is 6.59. The molecule has 1 aliphatic heterocycles. The van der Waals surface area contributed by atoms with Crippen molar-refractivity contribution < 1.29 is 21.9 Å². The maximum atomic E-state index is 13.9. The van der Waals surface area contributed by atoms with Crippen molar-refractivity contribution in [2.75, 3.05) is 38.2 Å². The Bertz CT molecular complexity index is 1620.